The Morgan fingerprint density at radius 3 is 2.90 bits per heavy atom. The molecule has 0 bridgehead atoms. The van der Waals surface area contributed by atoms with Crippen molar-refractivity contribution in [3.63, 3.8) is 0 Å². The van der Waals surface area contributed by atoms with Gasteiger partial charge < -0.3 is 4.90 Å². The molecule has 6 heteroatoms. The Bertz CT molecular complexity index is 720. The van der Waals surface area contributed by atoms with Gasteiger partial charge >= 0.3 is 0 Å². The minimum Gasteiger partial charge on any atom is -0.347 e. The van der Waals surface area contributed by atoms with Crippen molar-refractivity contribution in [2.45, 2.75) is 12.8 Å². The van der Waals surface area contributed by atoms with Gasteiger partial charge in [-0.25, -0.2) is 9.67 Å². The zero-order chi connectivity index (χ0) is 13.7. The van der Waals surface area contributed by atoms with Gasteiger partial charge in [-0.2, -0.15) is 5.10 Å². The highest BCUT2D eigenvalue weighted by molar-refractivity contribution is 7.22. The lowest BCUT2D eigenvalue weighted by atomic mass is 9.93. The summed E-state index contributed by atoms with van der Waals surface area (Å²) in [7, 11) is 1.95. The molecule has 0 spiro atoms. The van der Waals surface area contributed by atoms with E-state index in [0.29, 0.717) is 5.92 Å². The van der Waals surface area contributed by atoms with E-state index in [2.05, 4.69) is 21.0 Å². The number of rotatable bonds is 2. The second kappa shape index (κ2) is 4.28. The van der Waals surface area contributed by atoms with E-state index in [-0.39, 0.29) is 0 Å². The second-order valence-electron chi connectivity index (χ2n) is 5.25. The molecular formula is C14H15N5S. The van der Waals surface area contributed by atoms with Crippen molar-refractivity contribution in [2.75, 3.05) is 18.0 Å². The molecule has 0 aliphatic carbocycles. The summed E-state index contributed by atoms with van der Waals surface area (Å²) in [6.07, 6.45) is 3.79. The van der Waals surface area contributed by atoms with Crippen molar-refractivity contribution in [3.8, 4) is 0 Å². The first-order valence-electron chi connectivity index (χ1n) is 6.67. The highest BCUT2D eigenvalue weighted by Gasteiger charge is 2.30. The lowest BCUT2D eigenvalue weighted by Gasteiger charge is -2.39. The van der Waals surface area contributed by atoms with Crippen LogP contribution in [0.2, 0.25) is 0 Å². The molecule has 3 aromatic rings. The maximum Gasteiger partial charge on any atom is 0.188 e. The maximum absolute atomic E-state index is 4.71. The number of hydrogen-bond acceptors (Lipinski definition) is 5. The molecule has 0 N–H and O–H groups in total. The third-order valence-electron chi connectivity index (χ3n) is 3.84. The summed E-state index contributed by atoms with van der Waals surface area (Å²) in [6.45, 7) is 4.09. The highest BCUT2D eigenvalue weighted by atomic mass is 32.1. The first kappa shape index (κ1) is 11.8. The van der Waals surface area contributed by atoms with Crippen LogP contribution in [0.15, 0.2) is 24.5 Å². The van der Waals surface area contributed by atoms with E-state index >= 15 is 0 Å². The van der Waals surface area contributed by atoms with Crippen LogP contribution in [-0.4, -0.2) is 32.8 Å². The van der Waals surface area contributed by atoms with Gasteiger partial charge in [0.25, 0.3) is 0 Å². The molecule has 0 atom stereocenters. The van der Waals surface area contributed by atoms with Gasteiger partial charge in [0.05, 0.1) is 10.4 Å². The molecule has 1 saturated heterocycles. The van der Waals surface area contributed by atoms with Crippen LogP contribution in [0.5, 0.6) is 0 Å². The van der Waals surface area contributed by atoms with Crippen LogP contribution in [-0.2, 0) is 7.05 Å². The molecule has 4 rings (SSSR count). The number of hydrogen-bond donors (Lipinski definition) is 0. The number of aryl methyl sites for hydroxylation is 2. The summed E-state index contributed by atoms with van der Waals surface area (Å²) >= 11 is 1.74. The number of nitrogens with zero attached hydrogens (tertiary/aromatic N) is 5. The van der Waals surface area contributed by atoms with E-state index in [1.54, 1.807) is 11.3 Å². The van der Waals surface area contributed by atoms with Crippen LogP contribution in [0.3, 0.4) is 0 Å². The predicted molar refractivity (Wildman–Crippen MR) is 80.3 cm³/mol. The van der Waals surface area contributed by atoms with Gasteiger partial charge in [-0.1, -0.05) is 17.4 Å². The van der Waals surface area contributed by atoms with Crippen LogP contribution in [0.25, 0.3) is 10.3 Å². The van der Waals surface area contributed by atoms with Crippen molar-refractivity contribution in [2.24, 2.45) is 7.05 Å². The van der Waals surface area contributed by atoms with Gasteiger partial charge in [0.1, 0.15) is 0 Å². The smallest absolute Gasteiger partial charge is 0.188 e. The number of thiazole rings is 1. The van der Waals surface area contributed by atoms with Crippen LogP contribution in [0, 0.1) is 6.92 Å². The lowest BCUT2D eigenvalue weighted by molar-refractivity contribution is 0.523. The minimum atomic E-state index is 0.579. The fraction of sp³-hybridized carbons (Fsp3) is 0.357. The quantitative estimate of drug-likeness (QED) is 0.725. The zero-order valence-corrected chi connectivity index (χ0v) is 12.3. The monoisotopic (exact) mass is 285 g/mol. The van der Waals surface area contributed by atoms with Crippen LogP contribution in [0.1, 0.15) is 17.2 Å². The third-order valence-corrected chi connectivity index (χ3v) is 5.06. The van der Waals surface area contributed by atoms with Gasteiger partial charge in [-0.05, 0) is 18.6 Å². The Morgan fingerprint density at radius 1 is 1.35 bits per heavy atom. The molecule has 3 aromatic heterocycles. The third kappa shape index (κ3) is 1.71. The fourth-order valence-corrected chi connectivity index (χ4v) is 3.72. The van der Waals surface area contributed by atoms with Crippen molar-refractivity contribution in [1.82, 2.24) is 19.7 Å². The van der Waals surface area contributed by atoms with E-state index in [1.807, 2.05) is 37.1 Å². The molecule has 0 saturated carbocycles. The predicted octanol–water partition coefficient (Wildman–Crippen LogP) is 2.34. The Balaban J connectivity index is 1.56. The Kier molecular flexibility index (Phi) is 2.53. The van der Waals surface area contributed by atoms with Crippen LogP contribution < -0.4 is 4.90 Å². The SMILES string of the molecule is Cc1nn(C)c2nc(N3CC(c4cccnc4)C3)sc12. The molecule has 5 nitrogen and oxygen atoms in total. The van der Waals surface area contributed by atoms with Gasteiger partial charge in [0.15, 0.2) is 10.8 Å². The summed E-state index contributed by atoms with van der Waals surface area (Å²) < 4.78 is 3.07. The number of pyridine rings is 1. The molecule has 0 amide bonds. The van der Waals surface area contributed by atoms with Gasteiger partial charge in [0.2, 0.25) is 0 Å². The standard InChI is InChI=1S/C14H15N5S/c1-9-12-13(18(2)17-9)16-14(20-12)19-7-11(8-19)10-4-3-5-15-6-10/h3-6,11H,7-8H2,1-2H3. The van der Waals surface area contributed by atoms with Crippen molar-refractivity contribution in [3.05, 3.63) is 35.8 Å². The van der Waals surface area contributed by atoms with E-state index in [1.165, 1.54) is 10.3 Å². The topological polar surface area (TPSA) is 46.8 Å². The van der Waals surface area contributed by atoms with Crippen molar-refractivity contribution >= 4 is 26.8 Å². The molecule has 0 radical (unpaired) electrons. The largest absolute Gasteiger partial charge is 0.347 e. The lowest BCUT2D eigenvalue weighted by Crippen LogP contribution is -2.45. The van der Waals surface area contributed by atoms with E-state index < -0.39 is 0 Å². The van der Waals surface area contributed by atoms with E-state index in [4.69, 9.17) is 4.98 Å². The molecular weight excluding hydrogens is 270 g/mol. The molecule has 4 heterocycles. The summed E-state index contributed by atoms with van der Waals surface area (Å²) in [6, 6.07) is 4.16. The van der Waals surface area contributed by atoms with Crippen molar-refractivity contribution < 1.29 is 0 Å². The number of anilines is 1. The van der Waals surface area contributed by atoms with Gasteiger partial charge in [0, 0.05) is 38.4 Å². The summed E-state index contributed by atoms with van der Waals surface area (Å²) in [5, 5.41) is 5.50. The maximum atomic E-state index is 4.71. The minimum absolute atomic E-state index is 0.579. The fourth-order valence-electron chi connectivity index (χ4n) is 2.67. The first-order valence-corrected chi connectivity index (χ1v) is 7.49. The number of fused-ring (bicyclic) bond motifs is 1. The molecule has 1 aliphatic rings. The molecule has 0 unspecified atom stereocenters. The van der Waals surface area contributed by atoms with Crippen LogP contribution in [0.4, 0.5) is 5.13 Å². The normalized spacial score (nSPS) is 15.8. The Hall–Kier alpha value is -1.95. The average Bonchev–Trinajstić information content (AvgIpc) is 2.92. The Morgan fingerprint density at radius 2 is 2.20 bits per heavy atom. The highest BCUT2D eigenvalue weighted by Crippen LogP contribution is 2.36. The summed E-state index contributed by atoms with van der Waals surface area (Å²) in [5.74, 6) is 0.579. The first-order chi connectivity index (χ1) is 9.72. The van der Waals surface area contributed by atoms with Gasteiger partial charge in [-0.15, -0.1) is 0 Å². The van der Waals surface area contributed by atoms with Crippen molar-refractivity contribution in [1.29, 1.82) is 0 Å². The summed E-state index contributed by atoms with van der Waals surface area (Å²) in [4.78, 5) is 11.2. The molecule has 102 valence electrons. The van der Waals surface area contributed by atoms with E-state index in [0.717, 1.165) is 29.6 Å². The van der Waals surface area contributed by atoms with E-state index in [9.17, 15) is 0 Å². The molecule has 1 aliphatic heterocycles. The Labute approximate surface area is 120 Å². The van der Waals surface area contributed by atoms with Gasteiger partial charge in [-0.3, -0.25) is 4.98 Å². The zero-order valence-electron chi connectivity index (χ0n) is 11.4. The molecule has 1 fully saturated rings. The number of aromatic nitrogens is 4. The molecule has 0 aromatic carbocycles. The summed E-state index contributed by atoms with van der Waals surface area (Å²) in [5.41, 5.74) is 3.38. The van der Waals surface area contributed by atoms with Crippen LogP contribution >= 0.6 is 11.3 Å². The molecule has 20 heavy (non-hydrogen) atoms. The second-order valence-corrected chi connectivity index (χ2v) is 6.22. The average molecular weight is 285 g/mol.